The van der Waals surface area contributed by atoms with Crippen molar-refractivity contribution < 1.29 is 0 Å². The number of aromatic nitrogens is 2. The van der Waals surface area contributed by atoms with Gasteiger partial charge in [-0.2, -0.15) is 0 Å². The molecule has 3 N–H and O–H groups in total. The molecular weight excluding hydrogens is 188 g/mol. The van der Waals surface area contributed by atoms with Crippen LogP contribution in [-0.2, 0) is 0 Å². The zero-order valence-electron chi connectivity index (χ0n) is 6.77. The Hall–Kier alpha value is -1.39. The first-order chi connectivity index (χ1) is 5.90. The predicted molar refractivity (Wildman–Crippen MR) is 54.6 cm³/mol. The van der Waals surface area contributed by atoms with Crippen molar-refractivity contribution in [3.8, 4) is 0 Å². The molecule has 1 aromatic heterocycles. The van der Waals surface area contributed by atoms with Crippen LogP contribution in [0.25, 0.3) is 11.0 Å². The Balaban J connectivity index is 0.000000845. The minimum Gasteiger partial charge on any atom is -0.324 e. The maximum Gasteiger partial charge on any atom is 0.0907 e. The van der Waals surface area contributed by atoms with Gasteiger partial charge in [-0.15, -0.1) is 12.4 Å². The summed E-state index contributed by atoms with van der Waals surface area (Å²) in [5.41, 5.74) is 5.10. The monoisotopic (exact) mass is 196 g/mol. The van der Waals surface area contributed by atoms with Crippen LogP contribution in [0, 0.1) is 0 Å². The molecule has 0 bridgehead atoms. The van der Waals surface area contributed by atoms with E-state index in [4.69, 9.17) is 5.84 Å². The number of nitrogen functional groups attached to an aromatic ring is 1. The molecule has 0 radical (unpaired) electrons. The third-order valence-corrected chi connectivity index (χ3v) is 1.64. The number of rotatable bonds is 1. The van der Waals surface area contributed by atoms with Gasteiger partial charge in [0.2, 0.25) is 0 Å². The fourth-order valence-electron chi connectivity index (χ4n) is 1.05. The summed E-state index contributed by atoms with van der Waals surface area (Å²) in [6.45, 7) is 0. The normalized spacial score (nSPS) is 9.31. The molecule has 0 unspecified atom stereocenters. The maximum atomic E-state index is 5.24. The molecule has 5 heteroatoms. The Morgan fingerprint density at radius 2 is 1.77 bits per heavy atom. The van der Waals surface area contributed by atoms with Crippen molar-refractivity contribution in [2.75, 3.05) is 5.43 Å². The molecule has 0 amide bonds. The number of fused-ring (bicyclic) bond motifs is 1. The molecule has 2 rings (SSSR count). The first kappa shape index (κ1) is 9.70. The number of hydrogen-bond acceptors (Lipinski definition) is 4. The van der Waals surface area contributed by atoms with Crippen molar-refractivity contribution in [3.05, 3.63) is 30.6 Å². The van der Waals surface area contributed by atoms with E-state index >= 15 is 0 Å². The van der Waals surface area contributed by atoms with E-state index in [9.17, 15) is 0 Å². The molecule has 2 aromatic rings. The van der Waals surface area contributed by atoms with Gasteiger partial charge in [0.25, 0.3) is 0 Å². The third kappa shape index (κ3) is 1.85. The molecule has 0 spiro atoms. The Morgan fingerprint density at radius 1 is 1.08 bits per heavy atom. The van der Waals surface area contributed by atoms with Gasteiger partial charge >= 0.3 is 0 Å². The number of nitrogens with zero attached hydrogens (tertiary/aromatic N) is 2. The average Bonchev–Trinajstić information content (AvgIpc) is 2.17. The SMILES string of the molecule is Cl.NNc1ccc2nccnc2c1. The van der Waals surface area contributed by atoms with E-state index in [0.29, 0.717) is 0 Å². The van der Waals surface area contributed by atoms with Gasteiger partial charge in [0, 0.05) is 12.4 Å². The topological polar surface area (TPSA) is 63.8 Å². The van der Waals surface area contributed by atoms with Gasteiger partial charge in [-0.1, -0.05) is 0 Å². The highest BCUT2D eigenvalue weighted by Crippen LogP contribution is 2.13. The molecule has 0 aliphatic carbocycles. The Labute approximate surface area is 81.6 Å². The van der Waals surface area contributed by atoms with Crippen LogP contribution in [0.2, 0.25) is 0 Å². The lowest BCUT2D eigenvalue weighted by molar-refractivity contribution is 1.28. The Bertz CT molecular complexity index is 404. The molecule has 1 heterocycles. The number of anilines is 1. The molecule has 0 fully saturated rings. The van der Waals surface area contributed by atoms with Crippen LogP contribution in [0.15, 0.2) is 30.6 Å². The van der Waals surface area contributed by atoms with Gasteiger partial charge in [-0.05, 0) is 18.2 Å². The molecule has 13 heavy (non-hydrogen) atoms. The zero-order chi connectivity index (χ0) is 8.39. The Kier molecular flexibility index (Phi) is 3.00. The summed E-state index contributed by atoms with van der Waals surface area (Å²) in [4.78, 5) is 8.26. The molecular formula is C8H9ClN4. The van der Waals surface area contributed by atoms with Crippen LogP contribution < -0.4 is 11.3 Å². The second kappa shape index (κ2) is 4.02. The molecule has 0 aliphatic heterocycles. The largest absolute Gasteiger partial charge is 0.324 e. The fourth-order valence-corrected chi connectivity index (χ4v) is 1.05. The summed E-state index contributed by atoms with van der Waals surface area (Å²) in [7, 11) is 0. The first-order valence-corrected chi connectivity index (χ1v) is 3.57. The molecule has 0 saturated heterocycles. The highest BCUT2D eigenvalue weighted by molar-refractivity contribution is 5.85. The minimum atomic E-state index is 0. The van der Waals surface area contributed by atoms with Crippen molar-refractivity contribution in [1.82, 2.24) is 9.97 Å². The number of hydrogen-bond donors (Lipinski definition) is 2. The Morgan fingerprint density at radius 3 is 2.46 bits per heavy atom. The fraction of sp³-hybridized carbons (Fsp3) is 0. The molecule has 1 aromatic carbocycles. The van der Waals surface area contributed by atoms with Crippen molar-refractivity contribution in [3.63, 3.8) is 0 Å². The standard InChI is InChI=1S/C8H8N4.ClH/c9-12-6-1-2-7-8(5-6)11-4-3-10-7;/h1-5,12H,9H2;1H. The first-order valence-electron chi connectivity index (χ1n) is 3.57. The minimum absolute atomic E-state index is 0. The number of nitrogens with one attached hydrogen (secondary N) is 1. The number of nitrogens with two attached hydrogens (primary N) is 1. The summed E-state index contributed by atoms with van der Waals surface area (Å²) in [6.07, 6.45) is 3.32. The van der Waals surface area contributed by atoms with E-state index in [1.54, 1.807) is 12.4 Å². The van der Waals surface area contributed by atoms with E-state index in [0.717, 1.165) is 16.7 Å². The summed E-state index contributed by atoms with van der Waals surface area (Å²) in [6, 6.07) is 5.58. The van der Waals surface area contributed by atoms with E-state index in [1.807, 2.05) is 18.2 Å². The maximum absolute atomic E-state index is 5.24. The van der Waals surface area contributed by atoms with Crippen LogP contribution in [0.3, 0.4) is 0 Å². The van der Waals surface area contributed by atoms with Gasteiger partial charge in [-0.25, -0.2) is 0 Å². The second-order valence-electron chi connectivity index (χ2n) is 2.40. The van der Waals surface area contributed by atoms with Gasteiger partial charge < -0.3 is 5.43 Å². The third-order valence-electron chi connectivity index (χ3n) is 1.64. The van der Waals surface area contributed by atoms with Gasteiger partial charge in [0.15, 0.2) is 0 Å². The molecule has 0 atom stereocenters. The lowest BCUT2D eigenvalue weighted by Crippen LogP contribution is -2.06. The van der Waals surface area contributed by atoms with Crippen molar-refractivity contribution in [2.45, 2.75) is 0 Å². The molecule has 68 valence electrons. The number of hydrazine groups is 1. The highest BCUT2D eigenvalue weighted by Gasteiger charge is 1.94. The quantitative estimate of drug-likeness (QED) is 0.534. The smallest absolute Gasteiger partial charge is 0.0907 e. The van der Waals surface area contributed by atoms with Crippen molar-refractivity contribution in [2.24, 2.45) is 5.84 Å². The van der Waals surface area contributed by atoms with Crippen LogP contribution in [0.1, 0.15) is 0 Å². The summed E-state index contributed by atoms with van der Waals surface area (Å²) in [5, 5.41) is 0. The van der Waals surface area contributed by atoms with Gasteiger partial charge in [-0.3, -0.25) is 15.8 Å². The molecule has 0 saturated carbocycles. The summed E-state index contributed by atoms with van der Waals surface area (Å²) >= 11 is 0. The summed E-state index contributed by atoms with van der Waals surface area (Å²) in [5.74, 6) is 5.24. The lowest BCUT2D eigenvalue weighted by atomic mass is 10.3. The van der Waals surface area contributed by atoms with Crippen LogP contribution in [0.4, 0.5) is 5.69 Å². The summed E-state index contributed by atoms with van der Waals surface area (Å²) < 4.78 is 0. The van der Waals surface area contributed by atoms with Gasteiger partial charge in [0.05, 0.1) is 16.7 Å². The van der Waals surface area contributed by atoms with Crippen LogP contribution in [0.5, 0.6) is 0 Å². The van der Waals surface area contributed by atoms with E-state index < -0.39 is 0 Å². The second-order valence-corrected chi connectivity index (χ2v) is 2.40. The zero-order valence-corrected chi connectivity index (χ0v) is 7.58. The van der Waals surface area contributed by atoms with E-state index in [-0.39, 0.29) is 12.4 Å². The predicted octanol–water partition coefficient (Wildman–Crippen LogP) is 1.34. The number of halogens is 1. The van der Waals surface area contributed by atoms with E-state index in [2.05, 4.69) is 15.4 Å². The van der Waals surface area contributed by atoms with Crippen molar-refractivity contribution >= 4 is 29.1 Å². The van der Waals surface area contributed by atoms with Crippen molar-refractivity contribution in [1.29, 1.82) is 0 Å². The van der Waals surface area contributed by atoms with Gasteiger partial charge in [0.1, 0.15) is 0 Å². The molecule has 0 aliphatic rings. The highest BCUT2D eigenvalue weighted by atomic mass is 35.5. The van der Waals surface area contributed by atoms with Crippen LogP contribution in [-0.4, -0.2) is 9.97 Å². The number of benzene rings is 1. The average molecular weight is 197 g/mol. The molecule has 4 nitrogen and oxygen atoms in total. The van der Waals surface area contributed by atoms with E-state index in [1.165, 1.54) is 0 Å². The lowest BCUT2D eigenvalue weighted by Gasteiger charge is -1.99. The van der Waals surface area contributed by atoms with Crippen LogP contribution >= 0.6 is 12.4 Å².